The maximum Gasteiger partial charge on any atom is 0.264 e. The molecule has 2 aromatic heterocycles. The van der Waals surface area contributed by atoms with E-state index in [1.807, 2.05) is 19.2 Å². The van der Waals surface area contributed by atoms with E-state index < -0.39 is 0 Å². The Hall–Kier alpha value is -2.44. The molecule has 1 N–H and O–H groups in total. The Morgan fingerprint density at radius 2 is 1.82 bits per heavy atom. The Bertz CT molecular complexity index is 710. The first-order chi connectivity index (χ1) is 10.7. The molecule has 0 spiro atoms. The van der Waals surface area contributed by atoms with Crippen LogP contribution in [0.1, 0.15) is 5.69 Å². The lowest BCUT2D eigenvalue weighted by atomic mass is 10.0. The summed E-state index contributed by atoms with van der Waals surface area (Å²) < 4.78 is 0. The molecule has 4 heterocycles. The first-order valence-electron chi connectivity index (χ1n) is 7.54. The fraction of sp³-hybridized carbons (Fsp3) is 0.467. The van der Waals surface area contributed by atoms with Crippen LogP contribution < -0.4 is 15.4 Å². The van der Waals surface area contributed by atoms with Crippen molar-refractivity contribution in [1.82, 2.24) is 20.2 Å². The lowest BCUT2D eigenvalue weighted by Gasteiger charge is -2.22. The summed E-state index contributed by atoms with van der Waals surface area (Å²) in [6, 6.07) is 5.24. The largest absolute Gasteiger partial charge is 0.354 e. The van der Waals surface area contributed by atoms with Gasteiger partial charge < -0.3 is 9.80 Å². The van der Waals surface area contributed by atoms with Crippen LogP contribution >= 0.6 is 0 Å². The molecule has 114 valence electrons. The van der Waals surface area contributed by atoms with Crippen LogP contribution in [0, 0.1) is 18.8 Å². The van der Waals surface area contributed by atoms with E-state index in [0.29, 0.717) is 11.8 Å². The Balaban J connectivity index is 1.46. The molecule has 7 heteroatoms. The van der Waals surface area contributed by atoms with Crippen LogP contribution in [-0.4, -0.2) is 46.3 Å². The third-order valence-electron chi connectivity index (χ3n) is 4.54. The molecule has 4 rings (SSSR count). The van der Waals surface area contributed by atoms with Crippen LogP contribution in [0.25, 0.3) is 0 Å². The van der Waals surface area contributed by atoms with Crippen molar-refractivity contribution >= 4 is 11.8 Å². The van der Waals surface area contributed by atoms with Crippen LogP contribution in [0.15, 0.2) is 29.2 Å². The quantitative estimate of drug-likeness (QED) is 0.867. The Labute approximate surface area is 128 Å². The van der Waals surface area contributed by atoms with Gasteiger partial charge in [-0.05, 0) is 19.1 Å². The van der Waals surface area contributed by atoms with E-state index in [4.69, 9.17) is 0 Å². The molecule has 2 aromatic rings. The molecule has 22 heavy (non-hydrogen) atoms. The van der Waals surface area contributed by atoms with Crippen molar-refractivity contribution in [1.29, 1.82) is 0 Å². The zero-order valence-electron chi connectivity index (χ0n) is 12.4. The van der Waals surface area contributed by atoms with Crippen LogP contribution in [0.3, 0.4) is 0 Å². The minimum Gasteiger partial charge on any atom is -0.354 e. The van der Waals surface area contributed by atoms with Gasteiger partial charge in [-0.2, -0.15) is 5.10 Å². The first kappa shape index (κ1) is 13.2. The number of anilines is 2. The summed E-state index contributed by atoms with van der Waals surface area (Å²) in [5.74, 6) is 2.88. The van der Waals surface area contributed by atoms with E-state index >= 15 is 0 Å². The molecule has 2 saturated heterocycles. The number of aromatic nitrogens is 4. The Morgan fingerprint density at radius 3 is 2.45 bits per heavy atom. The zero-order chi connectivity index (χ0) is 15.1. The normalized spacial score (nSPS) is 23.9. The number of nitrogens with zero attached hydrogens (tertiary/aromatic N) is 5. The number of rotatable bonds is 2. The number of nitrogens with one attached hydrogen (secondary N) is 1. The molecule has 0 aromatic carbocycles. The molecule has 2 fully saturated rings. The number of H-pyrrole nitrogens is 1. The molecule has 2 unspecified atom stereocenters. The van der Waals surface area contributed by atoms with Crippen molar-refractivity contribution < 1.29 is 0 Å². The molecule has 0 radical (unpaired) electrons. The van der Waals surface area contributed by atoms with Crippen molar-refractivity contribution in [2.75, 3.05) is 36.0 Å². The average molecular weight is 298 g/mol. The predicted molar refractivity (Wildman–Crippen MR) is 83.0 cm³/mol. The van der Waals surface area contributed by atoms with Crippen LogP contribution in [0.5, 0.6) is 0 Å². The minimum atomic E-state index is -0.161. The summed E-state index contributed by atoms with van der Waals surface area (Å²) in [5, 5.41) is 6.63. The molecular weight excluding hydrogens is 280 g/mol. The molecular formula is C15H18N6O. The van der Waals surface area contributed by atoms with Gasteiger partial charge in [-0.1, -0.05) is 0 Å². The molecule has 0 bridgehead atoms. The fourth-order valence-corrected chi connectivity index (χ4v) is 3.44. The SMILES string of the molecule is Cc1ccnc(N2CC3CN(c4ccc(=O)[nH]n4)CC3C2)n1. The minimum absolute atomic E-state index is 0.161. The highest BCUT2D eigenvalue weighted by Crippen LogP contribution is 2.34. The van der Waals surface area contributed by atoms with E-state index in [1.165, 1.54) is 6.07 Å². The third-order valence-corrected chi connectivity index (χ3v) is 4.54. The smallest absolute Gasteiger partial charge is 0.264 e. The number of hydrogen-bond donors (Lipinski definition) is 1. The molecule has 2 aliphatic heterocycles. The van der Waals surface area contributed by atoms with Crippen molar-refractivity contribution in [3.63, 3.8) is 0 Å². The summed E-state index contributed by atoms with van der Waals surface area (Å²) in [4.78, 5) is 24.5. The summed E-state index contributed by atoms with van der Waals surface area (Å²) >= 11 is 0. The lowest BCUT2D eigenvalue weighted by molar-refractivity contribution is 0.533. The number of fused-ring (bicyclic) bond motifs is 1. The molecule has 2 atom stereocenters. The molecule has 0 aliphatic carbocycles. The Kier molecular flexibility index (Phi) is 3.06. The summed E-state index contributed by atoms with van der Waals surface area (Å²) in [5.41, 5.74) is 0.840. The zero-order valence-corrected chi connectivity index (χ0v) is 12.4. The highest BCUT2D eigenvalue weighted by Gasteiger charge is 2.41. The lowest BCUT2D eigenvalue weighted by Crippen LogP contribution is -2.30. The van der Waals surface area contributed by atoms with Crippen LogP contribution in [0.2, 0.25) is 0 Å². The van der Waals surface area contributed by atoms with Gasteiger partial charge in [0.25, 0.3) is 5.56 Å². The van der Waals surface area contributed by atoms with Gasteiger partial charge in [0, 0.05) is 56.0 Å². The highest BCUT2D eigenvalue weighted by molar-refractivity contribution is 5.41. The van der Waals surface area contributed by atoms with Gasteiger partial charge in [-0.3, -0.25) is 4.79 Å². The molecule has 0 amide bonds. The highest BCUT2D eigenvalue weighted by atomic mass is 16.1. The van der Waals surface area contributed by atoms with Crippen LogP contribution in [-0.2, 0) is 0 Å². The van der Waals surface area contributed by atoms with Gasteiger partial charge in [0.2, 0.25) is 5.95 Å². The van der Waals surface area contributed by atoms with Gasteiger partial charge >= 0.3 is 0 Å². The summed E-state index contributed by atoms with van der Waals surface area (Å²) in [7, 11) is 0. The predicted octanol–water partition coefficient (Wildman–Crippen LogP) is 0.441. The first-order valence-corrected chi connectivity index (χ1v) is 7.54. The van der Waals surface area contributed by atoms with Gasteiger partial charge in [-0.25, -0.2) is 15.1 Å². The topological polar surface area (TPSA) is 78.0 Å². The van der Waals surface area contributed by atoms with Gasteiger partial charge in [0.05, 0.1) is 0 Å². The van der Waals surface area contributed by atoms with Crippen molar-refractivity contribution in [2.24, 2.45) is 11.8 Å². The van der Waals surface area contributed by atoms with E-state index in [9.17, 15) is 4.79 Å². The molecule has 7 nitrogen and oxygen atoms in total. The number of aryl methyl sites for hydroxylation is 1. The molecule has 0 saturated carbocycles. The fourth-order valence-electron chi connectivity index (χ4n) is 3.44. The van der Waals surface area contributed by atoms with Crippen molar-refractivity contribution in [3.05, 3.63) is 40.4 Å². The van der Waals surface area contributed by atoms with Gasteiger partial charge in [-0.15, -0.1) is 0 Å². The maximum atomic E-state index is 11.1. The van der Waals surface area contributed by atoms with Crippen LogP contribution in [0.4, 0.5) is 11.8 Å². The second kappa shape index (κ2) is 5.08. The maximum absolute atomic E-state index is 11.1. The van der Waals surface area contributed by atoms with E-state index in [2.05, 4.69) is 30.0 Å². The summed E-state index contributed by atoms with van der Waals surface area (Å²) in [6.45, 7) is 5.88. The van der Waals surface area contributed by atoms with Gasteiger partial charge in [0.1, 0.15) is 5.82 Å². The second-order valence-corrected chi connectivity index (χ2v) is 6.11. The Morgan fingerprint density at radius 1 is 1.09 bits per heavy atom. The number of hydrogen-bond acceptors (Lipinski definition) is 6. The monoisotopic (exact) mass is 298 g/mol. The number of aromatic amines is 1. The van der Waals surface area contributed by atoms with Gasteiger partial charge in [0.15, 0.2) is 0 Å². The standard InChI is InChI=1S/C15H18N6O/c1-10-4-5-16-15(17-10)21-8-11-6-20(7-12(11)9-21)13-2-3-14(22)19-18-13/h2-5,11-12H,6-9H2,1H3,(H,19,22). The van der Waals surface area contributed by atoms with Crippen molar-refractivity contribution in [2.45, 2.75) is 6.92 Å². The van der Waals surface area contributed by atoms with E-state index in [1.54, 1.807) is 6.07 Å². The molecule has 2 aliphatic rings. The van der Waals surface area contributed by atoms with E-state index in [0.717, 1.165) is 43.6 Å². The summed E-state index contributed by atoms with van der Waals surface area (Å²) in [6.07, 6.45) is 1.82. The van der Waals surface area contributed by atoms with E-state index in [-0.39, 0.29) is 5.56 Å². The second-order valence-electron chi connectivity index (χ2n) is 6.11. The third kappa shape index (κ3) is 2.32. The van der Waals surface area contributed by atoms with Crippen molar-refractivity contribution in [3.8, 4) is 0 Å². The average Bonchev–Trinajstić information content (AvgIpc) is 3.06.